The van der Waals surface area contributed by atoms with E-state index in [1.807, 2.05) is 0 Å². The number of esters is 1. The van der Waals surface area contributed by atoms with Gasteiger partial charge in [0, 0.05) is 12.7 Å². The highest BCUT2D eigenvalue weighted by Crippen LogP contribution is 1.99. The summed E-state index contributed by atoms with van der Waals surface area (Å²) in [6.45, 7) is -0.0571. The van der Waals surface area contributed by atoms with Gasteiger partial charge in [0.25, 0.3) is 0 Å². The van der Waals surface area contributed by atoms with Crippen LogP contribution in [-0.4, -0.2) is 41.7 Å². The van der Waals surface area contributed by atoms with Crippen molar-refractivity contribution in [2.45, 2.75) is 6.54 Å². The first-order valence-corrected chi connectivity index (χ1v) is 5.29. The maximum atomic E-state index is 11.3. The summed E-state index contributed by atoms with van der Waals surface area (Å²) in [5.74, 6) is -1.67. The van der Waals surface area contributed by atoms with E-state index in [0.29, 0.717) is 5.56 Å². The van der Waals surface area contributed by atoms with Crippen LogP contribution in [0.3, 0.4) is 0 Å². The number of hydrogen-bond acceptors (Lipinski definition) is 5. The number of aromatic nitrogens is 1. The van der Waals surface area contributed by atoms with Crippen LogP contribution < -0.4 is 10.6 Å². The summed E-state index contributed by atoms with van der Waals surface area (Å²) in [5, 5.41) is 13.4. The summed E-state index contributed by atoms with van der Waals surface area (Å²) < 4.78 is 4.35. The Labute approximate surface area is 108 Å². The molecule has 1 rings (SSSR count). The van der Waals surface area contributed by atoms with Crippen molar-refractivity contribution in [2.24, 2.45) is 0 Å². The van der Waals surface area contributed by atoms with Gasteiger partial charge in [-0.3, -0.25) is 4.79 Å². The molecule has 1 heterocycles. The lowest BCUT2D eigenvalue weighted by molar-refractivity contribution is -0.139. The Bertz CT molecular complexity index is 472. The molecule has 2 amide bonds. The van der Waals surface area contributed by atoms with E-state index in [9.17, 15) is 14.4 Å². The minimum absolute atomic E-state index is 0.0705. The number of carbonyl (C=O) groups is 3. The van der Waals surface area contributed by atoms with Crippen molar-refractivity contribution in [3.63, 3.8) is 0 Å². The van der Waals surface area contributed by atoms with Crippen molar-refractivity contribution in [1.29, 1.82) is 0 Å². The highest BCUT2D eigenvalue weighted by molar-refractivity contribution is 5.85. The van der Waals surface area contributed by atoms with Gasteiger partial charge in [-0.05, 0) is 11.6 Å². The van der Waals surface area contributed by atoms with Gasteiger partial charge < -0.3 is 20.5 Å². The van der Waals surface area contributed by atoms with E-state index in [2.05, 4.69) is 20.4 Å². The molecule has 0 aliphatic heterocycles. The number of nitrogens with zero attached hydrogens (tertiary/aromatic N) is 1. The first-order valence-electron chi connectivity index (χ1n) is 5.29. The Morgan fingerprint density at radius 2 is 2.05 bits per heavy atom. The zero-order valence-electron chi connectivity index (χ0n) is 10.2. The number of carbonyl (C=O) groups excluding carboxylic acids is 2. The van der Waals surface area contributed by atoms with E-state index in [-0.39, 0.29) is 18.8 Å². The second-order valence-corrected chi connectivity index (χ2v) is 3.47. The molecule has 0 aliphatic rings. The molecule has 3 N–H and O–H groups in total. The van der Waals surface area contributed by atoms with Crippen LogP contribution in [0.1, 0.15) is 16.1 Å². The third kappa shape index (κ3) is 5.02. The van der Waals surface area contributed by atoms with Gasteiger partial charge in [0.1, 0.15) is 12.2 Å². The molecule has 0 saturated heterocycles. The fraction of sp³-hybridized carbons (Fsp3) is 0.273. The zero-order valence-corrected chi connectivity index (χ0v) is 10.2. The Balaban J connectivity index is 2.37. The molecule has 8 nitrogen and oxygen atoms in total. The Hall–Kier alpha value is -2.64. The molecule has 0 atom stereocenters. The summed E-state index contributed by atoms with van der Waals surface area (Å²) in [6, 6.07) is 2.34. The number of carboxylic acids is 1. The normalized spacial score (nSPS) is 9.53. The molecule has 102 valence electrons. The van der Waals surface area contributed by atoms with Crippen molar-refractivity contribution in [2.75, 3.05) is 13.7 Å². The van der Waals surface area contributed by atoms with E-state index >= 15 is 0 Å². The predicted molar refractivity (Wildman–Crippen MR) is 63.5 cm³/mol. The van der Waals surface area contributed by atoms with Gasteiger partial charge in [-0.25, -0.2) is 14.6 Å². The fourth-order valence-corrected chi connectivity index (χ4v) is 1.13. The second kappa shape index (κ2) is 6.94. The van der Waals surface area contributed by atoms with E-state index < -0.39 is 18.0 Å². The average Bonchev–Trinajstić information content (AvgIpc) is 2.42. The number of hydrogen-bond donors (Lipinski definition) is 3. The molecule has 0 fully saturated rings. The maximum absolute atomic E-state index is 11.3. The highest BCUT2D eigenvalue weighted by Gasteiger charge is 2.06. The van der Waals surface area contributed by atoms with E-state index in [0.717, 1.165) is 0 Å². The molecule has 0 bridgehead atoms. The molecule has 1 aromatic rings. The number of aromatic carboxylic acids is 1. The van der Waals surface area contributed by atoms with E-state index in [1.165, 1.54) is 25.4 Å². The Morgan fingerprint density at radius 3 is 2.58 bits per heavy atom. The quantitative estimate of drug-likeness (QED) is 0.633. The van der Waals surface area contributed by atoms with Gasteiger partial charge in [-0.15, -0.1) is 0 Å². The van der Waals surface area contributed by atoms with Crippen molar-refractivity contribution >= 4 is 18.0 Å². The fourth-order valence-electron chi connectivity index (χ4n) is 1.13. The van der Waals surface area contributed by atoms with Crippen LogP contribution in [0.25, 0.3) is 0 Å². The minimum atomic E-state index is -1.12. The van der Waals surface area contributed by atoms with Gasteiger partial charge in [0.15, 0.2) is 0 Å². The van der Waals surface area contributed by atoms with Gasteiger partial charge >= 0.3 is 18.0 Å². The molecular weight excluding hydrogens is 254 g/mol. The summed E-state index contributed by atoms with van der Waals surface area (Å²) >= 11 is 0. The number of amides is 2. The largest absolute Gasteiger partial charge is 0.477 e. The van der Waals surface area contributed by atoms with E-state index in [4.69, 9.17) is 5.11 Å². The summed E-state index contributed by atoms with van der Waals surface area (Å²) in [6.07, 6.45) is 1.35. The molecular formula is C11H13N3O5. The van der Waals surface area contributed by atoms with Crippen LogP contribution in [0.4, 0.5) is 4.79 Å². The highest BCUT2D eigenvalue weighted by atomic mass is 16.5. The number of ether oxygens (including phenoxy) is 1. The minimum Gasteiger partial charge on any atom is -0.477 e. The van der Waals surface area contributed by atoms with Gasteiger partial charge in [-0.1, -0.05) is 6.07 Å². The topological polar surface area (TPSA) is 118 Å². The monoisotopic (exact) mass is 267 g/mol. The van der Waals surface area contributed by atoms with Gasteiger partial charge in [0.05, 0.1) is 7.11 Å². The lowest BCUT2D eigenvalue weighted by Crippen LogP contribution is -2.38. The van der Waals surface area contributed by atoms with Crippen molar-refractivity contribution in [3.05, 3.63) is 29.6 Å². The summed E-state index contributed by atoms with van der Waals surface area (Å²) in [5.41, 5.74) is 0.567. The van der Waals surface area contributed by atoms with Gasteiger partial charge in [-0.2, -0.15) is 0 Å². The maximum Gasteiger partial charge on any atom is 0.354 e. The second-order valence-electron chi connectivity index (χ2n) is 3.47. The average molecular weight is 267 g/mol. The molecule has 0 spiro atoms. The Morgan fingerprint density at radius 1 is 1.32 bits per heavy atom. The first kappa shape index (κ1) is 14.4. The molecule has 1 aromatic heterocycles. The van der Waals surface area contributed by atoms with Crippen molar-refractivity contribution in [3.8, 4) is 0 Å². The number of urea groups is 1. The van der Waals surface area contributed by atoms with Crippen LogP contribution in [0, 0.1) is 0 Å². The first-order chi connectivity index (χ1) is 9.02. The smallest absolute Gasteiger partial charge is 0.354 e. The lowest BCUT2D eigenvalue weighted by atomic mass is 10.2. The number of nitrogens with one attached hydrogen (secondary N) is 2. The SMILES string of the molecule is COC(=O)CNC(=O)NCc1ccc(C(=O)O)nc1. The van der Waals surface area contributed by atoms with Crippen LogP contribution >= 0.6 is 0 Å². The number of rotatable bonds is 5. The number of methoxy groups -OCH3 is 1. The molecule has 0 aromatic carbocycles. The third-order valence-corrected chi connectivity index (χ3v) is 2.12. The molecule has 8 heteroatoms. The molecule has 19 heavy (non-hydrogen) atoms. The molecule has 0 radical (unpaired) electrons. The van der Waals surface area contributed by atoms with Crippen LogP contribution in [-0.2, 0) is 16.1 Å². The summed E-state index contributed by atoms with van der Waals surface area (Å²) in [7, 11) is 1.22. The van der Waals surface area contributed by atoms with E-state index in [1.54, 1.807) is 0 Å². The zero-order chi connectivity index (χ0) is 14.3. The predicted octanol–water partition coefficient (Wildman–Crippen LogP) is -0.248. The molecule has 0 aliphatic carbocycles. The standard InChI is InChI=1S/C11H13N3O5/c1-19-9(15)6-14-11(18)13-5-7-2-3-8(10(16)17)12-4-7/h2-4H,5-6H2,1H3,(H,16,17)(H2,13,14,18). The van der Waals surface area contributed by atoms with Gasteiger partial charge in [0.2, 0.25) is 0 Å². The molecule has 0 unspecified atom stereocenters. The number of carboxylic acid groups (broad SMARTS) is 1. The van der Waals surface area contributed by atoms with Crippen molar-refractivity contribution in [1.82, 2.24) is 15.6 Å². The molecule has 0 saturated carbocycles. The van der Waals surface area contributed by atoms with Crippen LogP contribution in [0.2, 0.25) is 0 Å². The van der Waals surface area contributed by atoms with Crippen LogP contribution in [0.5, 0.6) is 0 Å². The summed E-state index contributed by atoms with van der Waals surface area (Å²) in [4.78, 5) is 36.3. The lowest BCUT2D eigenvalue weighted by Gasteiger charge is -2.06. The van der Waals surface area contributed by atoms with Crippen LogP contribution in [0.15, 0.2) is 18.3 Å². The number of pyridine rings is 1. The third-order valence-electron chi connectivity index (χ3n) is 2.12. The Kier molecular flexibility index (Phi) is 5.27. The van der Waals surface area contributed by atoms with Crippen molar-refractivity contribution < 1.29 is 24.2 Å².